The van der Waals surface area contributed by atoms with E-state index in [1.54, 1.807) is 35.9 Å². The van der Waals surface area contributed by atoms with Gasteiger partial charge in [0, 0.05) is 65.7 Å². The van der Waals surface area contributed by atoms with E-state index in [4.69, 9.17) is 11.3 Å². The van der Waals surface area contributed by atoms with Gasteiger partial charge in [0.25, 0.3) is 0 Å². The molecule has 2 aromatic carbocycles. The predicted octanol–water partition coefficient (Wildman–Crippen LogP) is 9.81. The van der Waals surface area contributed by atoms with Gasteiger partial charge in [-0.05, 0) is 66.5 Å². The third-order valence-corrected chi connectivity index (χ3v) is 7.53. The Labute approximate surface area is 271 Å². The molecule has 1 radical (unpaired) electrons. The van der Waals surface area contributed by atoms with Gasteiger partial charge in [0.15, 0.2) is 0 Å². The number of benzene rings is 2. The first-order valence-corrected chi connectivity index (χ1v) is 14.1. The van der Waals surface area contributed by atoms with Crippen LogP contribution in [0.1, 0.15) is 43.8 Å². The summed E-state index contributed by atoms with van der Waals surface area (Å²) in [5.41, 5.74) is 3.90. The Balaban J connectivity index is 0.000000280. The first-order valence-electron chi connectivity index (χ1n) is 15.8. The van der Waals surface area contributed by atoms with Gasteiger partial charge in [0.05, 0.1) is 5.58 Å². The van der Waals surface area contributed by atoms with Crippen molar-refractivity contribution in [2.75, 3.05) is 0 Å². The molecule has 0 atom stereocenters. The van der Waals surface area contributed by atoms with Crippen LogP contribution in [0.25, 0.3) is 54.7 Å². The minimum absolute atomic E-state index is 0. The number of rotatable bonds is 3. The fraction of sp³-hybridized carbons (Fsp3) is 0.194. The maximum Gasteiger partial charge on any atom is 0.216 e. The van der Waals surface area contributed by atoms with Crippen LogP contribution >= 0.6 is 11.3 Å². The number of aromatic nitrogens is 3. The van der Waals surface area contributed by atoms with Gasteiger partial charge < -0.3 is 14.4 Å². The Morgan fingerprint density at radius 3 is 2.52 bits per heavy atom. The Bertz CT molecular complexity index is 2140. The Hall–Kier alpha value is -3.70. The van der Waals surface area contributed by atoms with Gasteiger partial charge in [-0.1, -0.05) is 43.9 Å². The molecule has 42 heavy (non-hydrogen) atoms. The second kappa shape index (κ2) is 12.3. The van der Waals surface area contributed by atoms with Crippen LogP contribution in [-0.4, -0.2) is 15.0 Å². The maximum atomic E-state index is 9.00. The van der Waals surface area contributed by atoms with Crippen molar-refractivity contribution in [1.82, 2.24) is 15.0 Å². The first kappa shape index (κ1) is 23.8. The van der Waals surface area contributed by atoms with Crippen molar-refractivity contribution in [3.63, 3.8) is 0 Å². The van der Waals surface area contributed by atoms with Crippen LogP contribution in [0.15, 0.2) is 89.6 Å². The third kappa shape index (κ3) is 6.07. The average molecular weight is 751 g/mol. The summed E-state index contributed by atoms with van der Waals surface area (Å²) in [6, 6.07) is 28.8. The van der Waals surface area contributed by atoms with E-state index in [0.717, 1.165) is 31.6 Å². The minimum Gasteiger partial charge on any atom is -0.486 e. The number of pyridine rings is 3. The summed E-state index contributed by atoms with van der Waals surface area (Å²) in [6.07, 6.45) is 1.89. The number of furan rings is 1. The van der Waals surface area contributed by atoms with Crippen molar-refractivity contribution >= 4 is 43.5 Å². The molecule has 0 aliphatic rings. The minimum atomic E-state index is -2.34. The van der Waals surface area contributed by atoms with Crippen LogP contribution in [0.5, 0.6) is 0 Å². The standard InChI is InChI=1S/C25H23N2OS.C11H8N.Ir/c1-14-9-10-17-16-7-6-8-18(23(16)28-24(17)27-14)22-21-19(13-25(3,4)5)15(2)29-20(21)11-12-26-22;1-2-6-10(7-3-1)11-8-4-5-9-12-11;/h6-7,9-12H,13H2,1-5H3;1-6,8-9H;/q2*-1;/i1D3,13D2;;. The largest absolute Gasteiger partial charge is 0.486 e. The Morgan fingerprint density at radius 2 is 1.79 bits per heavy atom. The second-order valence-corrected chi connectivity index (χ2v) is 11.9. The first-order chi connectivity index (χ1) is 21.8. The van der Waals surface area contributed by atoms with E-state index in [-0.39, 0.29) is 31.5 Å². The second-order valence-electron chi connectivity index (χ2n) is 10.7. The number of thiophene rings is 1. The van der Waals surface area contributed by atoms with Crippen molar-refractivity contribution in [2.45, 2.75) is 40.9 Å². The number of aryl methyl sites for hydroxylation is 2. The molecule has 0 aliphatic carbocycles. The summed E-state index contributed by atoms with van der Waals surface area (Å²) in [4.78, 5) is 14.0. The van der Waals surface area contributed by atoms with Gasteiger partial charge in [0.1, 0.15) is 0 Å². The molecule has 0 bridgehead atoms. The average Bonchev–Trinajstić information content (AvgIpc) is 3.58. The summed E-state index contributed by atoms with van der Waals surface area (Å²) < 4.78 is 48.0. The Kier molecular flexibility index (Phi) is 6.96. The van der Waals surface area contributed by atoms with Crippen LogP contribution in [0.3, 0.4) is 0 Å². The van der Waals surface area contributed by atoms with Crippen molar-refractivity contribution < 1.29 is 31.4 Å². The molecule has 0 N–H and O–H groups in total. The van der Waals surface area contributed by atoms with E-state index in [9.17, 15) is 0 Å². The molecule has 0 unspecified atom stereocenters. The van der Waals surface area contributed by atoms with E-state index in [2.05, 4.69) is 27.1 Å². The van der Waals surface area contributed by atoms with Crippen LogP contribution < -0.4 is 0 Å². The molecule has 4 nitrogen and oxygen atoms in total. The van der Waals surface area contributed by atoms with Gasteiger partial charge in [0.2, 0.25) is 5.71 Å². The van der Waals surface area contributed by atoms with Gasteiger partial charge in [-0.2, -0.15) is 0 Å². The molecule has 7 aromatic rings. The molecule has 0 saturated heterocycles. The summed E-state index contributed by atoms with van der Waals surface area (Å²) in [5.74, 6) is 0. The number of nitrogens with zero attached hydrogens (tertiary/aromatic N) is 3. The van der Waals surface area contributed by atoms with Gasteiger partial charge in [-0.3, -0.25) is 0 Å². The molecule has 0 spiro atoms. The van der Waals surface area contributed by atoms with Crippen LogP contribution in [0.2, 0.25) is 0 Å². The summed E-state index contributed by atoms with van der Waals surface area (Å²) >= 11 is 1.55. The van der Waals surface area contributed by atoms with E-state index < -0.39 is 18.6 Å². The molecular formula is C36H31IrN3OS-2. The molecular weight excluding hydrogens is 715 g/mol. The zero-order valence-corrected chi connectivity index (χ0v) is 26.8. The molecule has 5 aromatic heterocycles. The Morgan fingerprint density at radius 1 is 0.929 bits per heavy atom. The maximum absolute atomic E-state index is 9.00. The smallest absolute Gasteiger partial charge is 0.216 e. The van der Waals surface area contributed by atoms with E-state index in [1.807, 2.05) is 82.3 Å². The van der Waals surface area contributed by atoms with Crippen molar-refractivity contribution in [3.05, 3.63) is 113 Å². The number of hydrogen-bond acceptors (Lipinski definition) is 5. The molecule has 7 rings (SSSR count). The number of hydrogen-bond donors (Lipinski definition) is 0. The van der Waals surface area contributed by atoms with Crippen LogP contribution in [-0.2, 0) is 26.5 Å². The molecule has 0 saturated carbocycles. The van der Waals surface area contributed by atoms with Gasteiger partial charge in [-0.25, -0.2) is 4.98 Å². The number of fused-ring (bicyclic) bond motifs is 4. The molecule has 0 amide bonds. The van der Waals surface area contributed by atoms with Crippen molar-refractivity contribution in [1.29, 1.82) is 0 Å². The van der Waals surface area contributed by atoms with E-state index >= 15 is 0 Å². The quantitative estimate of drug-likeness (QED) is 0.169. The SMILES string of the molecule is [2H]C([2H])([2H])c1ccc2c(n1)oc1c(-c3nccc4sc(C)c(C([2H])([2H])C(C)(C)C)c34)[c-]ccc12.[Ir].[c-]1ccccc1-c1ccccn1. The molecule has 0 aliphatic heterocycles. The zero-order valence-electron chi connectivity index (χ0n) is 28.6. The van der Waals surface area contributed by atoms with Crippen molar-refractivity contribution in [3.8, 4) is 22.5 Å². The third-order valence-electron chi connectivity index (χ3n) is 6.46. The fourth-order valence-electron chi connectivity index (χ4n) is 4.75. The van der Waals surface area contributed by atoms with Gasteiger partial charge >= 0.3 is 0 Å². The predicted molar refractivity (Wildman–Crippen MR) is 170 cm³/mol. The molecule has 0 fully saturated rings. The molecule has 6 heteroatoms. The normalized spacial score (nSPS) is 13.8. The van der Waals surface area contributed by atoms with E-state index in [0.29, 0.717) is 27.8 Å². The summed E-state index contributed by atoms with van der Waals surface area (Å²) in [6.45, 7) is 5.29. The van der Waals surface area contributed by atoms with Crippen LogP contribution in [0.4, 0.5) is 0 Å². The van der Waals surface area contributed by atoms with Crippen LogP contribution in [0, 0.1) is 31.3 Å². The van der Waals surface area contributed by atoms with Crippen molar-refractivity contribution in [2.24, 2.45) is 5.41 Å². The summed E-state index contributed by atoms with van der Waals surface area (Å²) in [7, 11) is 0. The van der Waals surface area contributed by atoms with Gasteiger partial charge in [-0.15, -0.1) is 65.4 Å². The zero-order chi connectivity index (χ0) is 32.9. The molecule has 213 valence electrons. The van der Waals surface area contributed by atoms with E-state index in [1.165, 1.54) is 6.07 Å². The topological polar surface area (TPSA) is 51.8 Å². The summed E-state index contributed by atoms with van der Waals surface area (Å²) in [5, 5.41) is 2.24. The monoisotopic (exact) mass is 751 g/mol. The molecule has 5 heterocycles. The fourth-order valence-corrected chi connectivity index (χ4v) is 5.77.